The van der Waals surface area contributed by atoms with E-state index in [0.29, 0.717) is 6.04 Å². The Balaban J connectivity index is 2.31. The minimum atomic E-state index is 0.465. The molecule has 0 aliphatic heterocycles. The van der Waals surface area contributed by atoms with Crippen LogP contribution in [-0.2, 0) is 6.54 Å². The van der Waals surface area contributed by atoms with Gasteiger partial charge in [-0.1, -0.05) is 13.8 Å². The molecule has 0 saturated carbocycles. The zero-order valence-electron chi connectivity index (χ0n) is 10.5. The van der Waals surface area contributed by atoms with Crippen molar-refractivity contribution in [2.45, 2.75) is 33.4 Å². The molecule has 0 bridgehead atoms. The maximum Gasteiger partial charge on any atom is 0.0991 e. The first-order chi connectivity index (χ1) is 8.16. The van der Waals surface area contributed by atoms with Gasteiger partial charge in [0.05, 0.1) is 12.0 Å². The van der Waals surface area contributed by atoms with Crippen LogP contribution in [0.1, 0.15) is 25.1 Å². The molecule has 0 atom stereocenters. The molecule has 0 aliphatic rings. The summed E-state index contributed by atoms with van der Waals surface area (Å²) in [6, 6.07) is 2.55. The topological polar surface area (TPSA) is 42.7 Å². The quantitative estimate of drug-likeness (QED) is 0.874. The van der Waals surface area contributed by atoms with E-state index < -0.39 is 0 Å². The van der Waals surface area contributed by atoms with Gasteiger partial charge in [-0.2, -0.15) is 0 Å². The summed E-state index contributed by atoms with van der Waals surface area (Å²) in [6.07, 6.45) is 7.48. The maximum atomic E-state index is 4.35. The van der Waals surface area contributed by atoms with Crippen LogP contribution >= 0.6 is 0 Å². The highest BCUT2D eigenvalue weighted by molar-refractivity contribution is 5.40. The van der Waals surface area contributed by atoms with Gasteiger partial charge < -0.3 is 9.88 Å². The predicted molar refractivity (Wildman–Crippen MR) is 68.1 cm³/mol. The fraction of sp³-hybridized carbons (Fsp3) is 0.385. The van der Waals surface area contributed by atoms with Crippen LogP contribution in [0.2, 0.25) is 0 Å². The highest BCUT2D eigenvalue weighted by Gasteiger charge is 2.06. The number of hydrogen-bond acceptors (Lipinski definition) is 3. The van der Waals surface area contributed by atoms with Gasteiger partial charge in [0, 0.05) is 42.4 Å². The van der Waals surface area contributed by atoms with Gasteiger partial charge in [-0.3, -0.25) is 4.98 Å². The molecule has 4 nitrogen and oxygen atoms in total. The van der Waals surface area contributed by atoms with Crippen molar-refractivity contribution in [3.63, 3.8) is 0 Å². The fourth-order valence-corrected chi connectivity index (χ4v) is 1.67. The van der Waals surface area contributed by atoms with E-state index in [4.69, 9.17) is 0 Å². The van der Waals surface area contributed by atoms with Crippen molar-refractivity contribution < 1.29 is 0 Å². The molecule has 2 aromatic rings. The van der Waals surface area contributed by atoms with Gasteiger partial charge in [0.1, 0.15) is 0 Å². The highest BCUT2D eigenvalue weighted by Crippen LogP contribution is 2.14. The zero-order valence-corrected chi connectivity index (χ0v) is 10.5. The number of imidazole rings is 1. The van der Waals surface area contributed by atoms with Crippen molar-refractivity contribution in [2.24, 2.45) is 0 Å². The smallest absolute Gasteiger partial charge is 0.0991 e. The van der Waals surface area contributed by atoms with Crippen LogP contribution < -0.4 is 5.32 Å². The minimum Gasteiger partial charge on any atom is -0.310 e. The lowest BCUT2D eigenvalue weighted by molar-refractivity contribution is 0.586. The monoisotopic (exact) mass is 230 g/mol. The van der Waals surface area contributed by atoms with Crippen molar-refractivity contribution >= 4 is 0 Å². The maximum absolute atomic E-state index is 4.35. The normalized spacial score (nSPS) is 11.1. The summed E-state index contributed by atoms with van der Waals surface area (Å²) in [5.74, 6) is 0. The molecule has 0 saturated heterocycles. The minimum absolute atomic E-state index is 0.465. The van der Waals surface area contributed by atoms with Crippen molar-refractivity contribution in [3.8, 4) is 5.69 Å². The Morgan fingerprint density at radius 3 is 2.88 bits per heavy atom. The Morgan fingerprint density at radius 1 is 1.41 bits per heavy atom. The van der Waals surface area contributed by atoms with Crippen LogP contribution in [0.25, 0.3) is 5.69 Å². The Morgan fingerprint density at radius 2 is 2.24 bits per heavy atom. The number of rotatable bonds is 4. The van der Waals surface area contributed by atoms with E-state index in [9.17, 15) is 0 Å². The van der Waals surface area contributed by atoms with Gasteiger partial charge in [-0.05, 0) is 13.0 Å². The van der Waals surface area contributed by atoms with Gasteiger partial charge in [0.2, 0.25) is 0 Å². The SMILES string of the molecule is Cc1cc(-n2ccnc2)c(CNC(C)C)cn1. The van der Waals surface area contributed by atoms with Crippen molar-refractivity contribution in [1.82, 2.24) is 19.9 Å². The van der Waals surface area contributed by atoms with E-state index in [1.54, 1.807) is 6.20 Å². The molecule has 90 valence electrons. The van der Waals surface area contributed by atoms with Gasteiger partial charge >= 0.3 is 0 Å². The summed E-state index contributed by atoms with van der Waals surface area (Å²) < 4.78 is 2.02. The molecule has 17 heavy (non-hydrogen) atoms. The Hall–Kier alpha value is -1.68. The molecule has 0 unspecified atom stereocenters. The first kappa shape index (κ1) is 11.8. The molecule has 0 radical (unpaired) electrons. The van der Waals surface area contributed by atoms with E-state index in [-0.39, 0.29) is 0 Å². The molecule has 0 amide bonds. The summed E-state index contributed by atoms with van der Waals surface area (Å²) in [7, 11) is 0. The van der Waals surface area contributed by atoms with Crippen LogP contribution in [-0.4, -0.2) is 20.6 Å². The van der Waals surface area contributed by atoms with Gasteiger partial charge in [0.15, 0.2) is 0 Å². The van der Waals surface area contributed by atoms with Crippen LogP contribution in [0.5, 0.6) is 0 Å². The van der Waals surface area contributed by atoms with Crippen LogP contribution in [0, 0.1) is 6.92 Å². The van der Waals surface area contributed by atoms with Crippen molar-refractivity contribution in [1.29, 1.82) is 0 Å². The van der Waals surface area contributed by atoms with Gasteiger partial charge in [-0.25, -0.2) is 4.98 Å². The van der Waals surface area contributed by atoms with E-state index in [1.165, 1.54) is 5.56 Å². The van der Waals surface area contributed by atoms with E-state index in [2.05, 4.69) is 35.2 Å². The summed E-state index contributed by atoms with van der Waals surface area (Å²) >= 11 is 0. The standard InChI is InChI=1S/C13H18N4/c1-10(2)15-7-12-8-16-11(3)6-13(12)17-5-4-14-9-17/h4-6,8-10,15H,7H2,1-3H3. The third-order valence-corrected chi connectivity index (χ3v) is 2.58. The predicted octanol–water partition coefficient (Wildman–Crippen LogP) is 2.07. The van der Waals surface area contributed by atoms with Crippen LogP contribution in [0.3, 0.4) is 0 Å². The summed E-state index contributed by atoms with van der Waals surface area (Å²) in [4.78, 5) is 8.44. The lowest BCUT2D eigenvalue weighted by Crippen LogP contribution is -2.22. The third kappa shape index (κ3) is 2.91. The Bertz CT molecular complexity index is 474. The molecule has 2 aromatic heterocycles. The van der Waals surface area contributed by atoms with Gasteiger partial charge in [0.25, 0.3) is 0 Å². The zero-order chi connectivity index (χ0) is 12.3. The highest BCUT2D eigenvalue weighted by atomic mass is 15.0. The lowest BCUT2D eigenvalue weighted by Gasteiger charge is -2.13. The first-order valence-electron chi connectivity index (χ1n) is 5.84. The number of aryl methyl sites for hydroxylation is 1. The van der Waals surface area contributed by atoms with Crippen LogP contribution in [0.15, 0.2) is 31.0 Å². The van der Waals surface area contributed by atoms with E-state index >= 15 is 0 Å². The molecule has 4 heteroatoms. The second kappa shape index (κ2) is 5.10. The van der Waals surface area contributed by atoms with Crippen molar-refractivity contribution in [2.75, 3.05) is 0 Å². The largest absolute Gasteiger partial charge is 0.310 e. The molecule has 0 fully saturated rings. The number of hydrogen-bond donors (Lipinski definition) is 1. The Kier molecular flexibility index (Phi) is 3.54. The molecule has 2 rings (SSSR count). The molecular weight excluding hydrogens is 212 g/mol. The summed E-state index contributed by atoms with van der Waals surface area (Å²) in [5.41, 5.74) is 3.34. The molecule has 0 aliphatic carbocycles. The number of aromatic nitrogens is 3. The molecule has 0 aromatic carbocycles. The third-order valence-electron chi connectivity index (χ3n) is 2.58. The fourth-order valence-electron chi connectivity index (χ4n) is 1.67. The number of nitrogens with zero attached hydrogens (tertiary/aromatic N) is 3. The number of nitrogens with one attached hydrogen (secondary N) is 1. The van der Waals surface area contributed by atoms with E-state index in [1.807, 2.05) is 30.2 Å². The Labute approximate surface area is 102 Å². The molecular formula is C13H18N4. The lowest BCUT2D eigenvalue weighted by atomic mass is 10.2. The van der Waals surface area contributed by atoms with Crippen molar-refractivity contribution in [3.05, 3.63) is 42.2 Å². The molecule has 1 N–H and O–H groups in total. The number of pyridine rings is 1. The second-order valence-electron chi connectivity index (χ2n) is 4.46. The van der Waals surface area contributed by atoms with Gasteiger partial charge in [-0.15, -0.1) is 0 Å². The molecule has 2 heterocycles. The average Bonchev–Trinajstić information content (AvgIpc) is 2.80. The van der Waals surface area contributed by atoms with Crippen LogP contribution in [0.4, 0.5) is 0 Å². The second-order valence-corrected chi connectivity index (χ2v) is 4.46. The first-order valence-corrected chi connectivity index (χ1v) is 5.84. The molecule has 0 spiro atoms. The summed E-state index contributed by atoms with van der Waals surface area (Å²) in [6.45, 7) is 7.09. The van der Waals surface area contributed by atoms with E-state index in [0.717, 1.165) is 17.9 Å². The average molecular weight is 230 g/mol. The summed E-state index contributed by atoms with van der Waals surface area (Å²) in [5, 5.41) is 3.41.